The van der Waals surface area contributed by atoms with Gasteiger partial charge in [-0.05, 0) is 48.7 Å². The van der Waals surface area contributed by atoms with Crippen LogP contribution in [0.4, 0.5) is 0 Å². The Morgan fingerprint density at radius 3 is 2.63 bits per heavy atom. The second kappa shape index (κ2) is 10.6. The topological polar surface area (TPSA) is 88.9 Å². The van der Waals surface area contributed by atoms with E-state index in [1.54, 1.807) is 18.6 Å². The Hall–Kier alpha value is -3.13. The normalized spacial score (nSPS) is 10.6. The van der Waals surface area contributed by atoms with E-state index in [-0.39, 0.29) is 24.0 Å². The van der Waals surface area contributed by atoms with Gasteiger partial charge in [0.15, 0.2) is 5.16 Å². The summed E-state index contributed by atoms with van der Waals surface area (Å²) in [5.41, 5.74) is 4.35. The summed E-state index contributed by atoms with van der Waals surface area (Å²) in [6.45, 7) is 4.85. The molecule has 3 aromatic rings. The Morgan fingerprint density at radius 1 is 1.03 bits per heavy atom. The maximum atomic E-state index is 12.2. The lowest BCUT2D eigenvalue weighted by molar-refractivity contribution is -0.121. The van der Waals surface area contributed by atoms with E-state index in [0.29, 0.717) is 13.1 Å². The maximum Gasteiger partial charge on any atom is 0.230 e. The number of carbonyl (C=O) groups is 2. The highest BCUT2D eigenvalue weighted by molar-refractivity contribution is 7.99. The van der Waals surface area contributed by atoms with Crippen molar-refractivity contribution in [2.75, 3.05) is 12.3 Å². The number of carbonyl (C=O) groups excluding carboxylic acids is 2. The monoisotopic (exact) mass is 423 g/mol. The van der Waals surface area contributed by atoms with Crippen molar-refractivity contribution in [3.8, 4) is 5.69 Å². The molecular formula is C22H25N5O2S. The van der Waals surface area contributed by atoms with Crippen LogP contribution in [0.2, 0.25) is 0 Å². The first-order valence-corrected chi connectivity index (χ1v) is 10.7. The fourth-order valence-corrected chi connectivity index (χ4v) is 3.64. The average Bonchev–Trinajstić information content (AvgIpc) is 3.21. The first-order chi connectivity index (χ1) is 14.5. The van der Waals surface area contributed by atoms with Crippen LogP contribution >= 0.6 is 11.8 Å². The van der Waals surface area contributed by atoms with Crippen LogP contribution in [0.5, 0.6) is 0 Å². The van der Waals surface area contributed by atoms with Crippen LogP contribution in [-0.4, -0.2) is 38.6 Å². The third-order valence-corrected chi connectivity index (χ3v) is 5.44. The molecule has 0 unspecified atom stereocenters. The number of rotatable bonds is 9. The van der Waals surface area contributed by atoms with Crippen molar-refractivity contribution in [2.45, 2.75) is 32.0 Å². The number of thioether (sulfide) groups is 1. The zero-order valence-corrected chi connectivity index (χ0v) is 17.9. The zero-order valence-electron chi connectivity index (χ0n) is 17.1. The number of pyridine rings is 1. The van der Waals surface area contributed by atoms with Gasteiger partial charge in [0.1, 0.15) is 0 Å². The molecule has 30 heavy (non-hydrogen) atoms. The second-order valence-electron chi connectivity index (χ2n) is 6.89. The van der Waals surface area contributed by atoms with Crippen LogP contribution in [0.15, 0.2) is 60.3 Å². The van der Waals surface area contributed by atoms with Crippen molar-refractivity contribution in [1.82, 2.24) is 25.2 Å². The number of nitrogens with zero attached hydrogens (tertiary/aromatic N) is 3. The molecule has 0 radical (unpaired) electrons. The summed E-state index contributed by atoms with van der Waals surface area (Å²) in [4.78, 5) is 32.4. The van der Waals surface area contributed by atoms with Crippen molar-refractivity contribution in [3.05, 3.63) is 71.8 Å². The number of hydrogen-bond donors (Lipinski definition) is 2. The molecule has 3 rings (SSSR count). The molecule has 0 aliphatic carbocycles. The average molecular weight is 424 g/mol. The lowest BCUT2D eigenvalue weighted by Gasteiger charge is -2.11. The molecule has 7 nitrogen and oxygen atoms in total. The Kier molecular flexibility index (Phi) is 7.62. The van der Waals surface area contributed by atoms with Crippen LogP contribution < -0.4 is 10.6 Å². The molecule has 0 atom stereocenters. The summed E-state index contributed by atoms with van der Waals surface area (Å²) >= 11 is 1.37. The van der Waals surface area contributed by atoms with E-state index in [4.69, 9.17) is 0 Å². The number of amides is 2. The van der Waals surface area contributed by atoms with E-state index < -0.39 is 0 Å². The summed E-state index contributed by atoms with van der Waals surface area (Å²) < 4.78 is 1.99. The third kappa shape index (κ3) is 6.18. The number of imidazole rings is 1. The predicted octanol–water partition coefficient (Wildman–Crippen LogP) is 2.80. The van der Waals surface area contributed by atoms with Gasteiger partial charge in [0.2, 0.25) is 11.8 Å². The standard InChI is InChI=1S/C22H25N5O2S/c1-16-3-4-17(2)19(13-16)27-12-11-25-22(27)30-15-21(29)24-10-7-20(28)26-14-18-5-8-23-9-6-18/h3-6,8-9,11-13H,7,10,14-15H2,1-2H3,(H,24,29)(H,26,28). The van der Waals surface area contributed by atoms with Crippen LogP contribution in [0, 0.1) is 13.8 Å². The molecule has 2 heterocycles. The van der Waals surface area contributed by atoms with Crippen LogP contribution in [0.25, 0.3) is 5.69 Å². The first-order valence-electron chi connectivity index (χ1n) is 9.69. The second-order valence-corrected chi connectivity index (χ2v) is 7.83. The molecule has 0 aliphatic heterocycles. The Bertz CT molecular complexity index is 1000. The van der Waals surface area contributed by atoms with Crippen LogP contribution in [0.1, 0.15) is 23.1 Å². The summed E-state index contributed by atoms with van der Waals surface area (Å²) in [5, 5.41) is 6.37. The molecular weight excluding hydrogens is 398 g/mol. The molecule has 8 heteroatoms. The van der Waals surface area contributed by atoms with Crippen LogP contribution in [-0.2, 0) is 16.1 Å². The number of aromatic nitrogens is 3. The number of benzene rings is 1. The van der Waals surface area contributed by atoms with Gasteiger partial charge in [0, 0.05) is 44.3 Å². The van der Waals surface area contributed by atoms with Crippen molar-refractivity contribution in [2.24, 2.45) is 0 Å². The lowest BCUT2D eigenvalue weighted by atomic mass is 10.1. The van der Waals surface area contributed by atoms with E-state index in [9.17, 15) is 9.59 Å². The fraction of sp³-hybridized carbons (Fsp3) is 0.273. The highest BCUT2D eigenvalue weighted by atomic mass is 32.2. The molecule has 0 fully saturated rings. The van der Waals surface area contributed by atoms with Gasteiger partial charge in [-0.2, -0.15) is 0 Å². The molecule has 0 saturated carbocycles. The Labute approximate surface area is 180 Å². The van der Waals surface area contributed by atoms with Crippen molar-refractivity contribution in [3.63, 3.8) is 0 Å². The van der Waals surface area contributed by atoms with Gasteiger partial charge in [-0.3, -0.25) is 19.1 Å². The molecule has 1 aromatic carbocycles. The molecule has 2 aromatic heterocycles. The SMILES string of the molecule is Cc1ccc(C)c(-n2ccnc2SCC(=O)NCCC(=O)NCc2ccncc2)c1. The van der Waals surface area contributed by atoms with Crippen molar-refractivity contribution in [1.29, 1.82) is 0 Å². The van der Waals surface area contributed by atoms with E-state index in [2.05, 4.69) is 45.7 Å². The van der Waals surface area contributed by atoms with Gasteiger partial charge >= 0.3 is 0 Å². The highest BCUT2D eigenvalue weighted by Crippen LogP contribution is 2.23. The van der Waals surface area contributed by atoms with Gasteiger partial charge in [-0.15, -0.1) is 0 Å². The van der Waals surface area contributed by atoms with E-state index >= 15 is 0 Å². The maximum absolute atomic E-state index is 12.2. The highest BCUT2D eigenvalue weighted by Gasteiger charge is 2.11. The summed E-state index contributed by atoms with van der Waals surface area (Å²) in [5.74, 6) is 0.00299. The number of hydrogen-bond acceptors (Lipinski definition) is 5. The summed E-state index contributed by atoms with van der Waals surface area (Å²) in [6.07, 6.45) is 7.23. The molecule has 2 N–H and O–H groups in total. The van der Waals surface area contributed by atoms with Gasteiger partial charge < -0.3 is 10.6 Å². The van der Waals surface area contributed by atoms with Gasteiger partial charge in [-0.1, -0.05) is 23.9 Å². The van der Waals surface area contributed by atoms with E-state index in [1.165, 1.54) is 17.3 Å². The molecule has 156 valence electrons. The van der Waals surface area contributed by atoms with Crippen LogP contribution in [0.3, 0.4) is 0 Å². The van der Waals surface area contributed by atoms with Crippen molar-refractivity contribution < 1.29 is 9.59 Å². The third-order valence-electron chi connectivity index (χ3n) is 4.48. The molecule has 0 aliphatic rings. The summed E-state index contributed by atoms with van der Waals surface area (Å²) in [7, 11) is 0. The molecule has 2 amide bonds. The summed E-state index contributed by atoms with van der Waals surface area (Å²) in [6, 6.07) is 9.95. The molecule has 0 saturated heterocycles. The number of aryl methyl sites for hydroxylation is 2. The van der Waals surface area contributed by atoms with Crippen molar-refractivity contribution >= 4 is 23.6 Å². The van der Waals surface area contributed by atoms with Gasteiger partial charge in [0.25, 0.3) is 0 Å². The fourth-order valence-electron chi connectivity index (χ4n) is 2.85. The van der Waals surface area contributed by atoms with Gasteiger partial charge in [-0.25, -0.2) is 4.98 Å². The Balaban J connectivity index is 1.42. The molecule has 0 bridgehead atoms. The number of nitrogens with one attached hydrogen (secondary N) is 2. The minimum absolute atomic E-state index is 0.106. The lowest BCUT2D eigenvalue weighted by Crippen LogP contribution is -2.31. The molecule has 0 spiro atoms. The van der Waals surface area contributed by atoms with E-state index in [1.807, 2.05) is 29.8 Å². The largest absolute Gasteiger partial charge is 0.355 e. The minimum Gasteiger partial charge on any atom is -0.355 e. The predicted molar refractivity (Wildman–Crippen MR) is 117 cm³/mol. The first kappa shape index (κ1) is 21.6. The quantitative estimate of drug-likeness (QED) is 0.517. The minimum atomic E-state index is -0.127. The van der Waals surface area contributed by atoms with Gasteiger partial charge in [0.05, 0.1) is 11.4 Å². The zero-order chi connectivity index (χ0) is 21.3. The smallest absolute Gasteiger partial charge is 0.230 e. The Morgan fingerprint density at radius 2 is 1.83 bits per heavy atom. The van der Waals surface area contributed by atoms with E-state index in [0.717, 1.165) is 22.0 Å².